The Morgan fingerprint density at radius 1 is 1.27 bits per heavy atom. The number of hydrogen-bond acceptors (Lipinski definition) is 6. The van der Waals surface area contributed by atoms with Gasteiger partial charge in [0, 0.05) is 25.2 Å². The number of carbonyl (C=O) groups is 2. The fraction of sp³-hybridized carbons (Fsp3) is 0.875. The van der Waals surface area contributed by atoms with Crippen LogP contribution in [-0.4, -0.2) is 61.3 Å². The maximum Gasteiger partial charge on any atom is 0.323 e. The molecule has 1 fully saturated rings. The molecular weight excluding hydrogens is 284 g/mol. The fourth-order valence-electron chi connectivity index (χ4n) is 2.71. The molecule has 6 heteroatoms. The van der Waals surface area contributed by atoms with Gasteiger partial charge >= 0.3 is 5.97 Å². The van der Waals surface area contributed by atoms with E-state index in [4.69, 9.17) is 9.47 Å². The molecule has 0 aliphatic carbocycles. The lowest BCUT2D eigenvalue weighted by Crippen LogP contribution is -2.41. The Morgan fingerprint density at radius 3 is 2.59 bits per heavy atom. The van der Waals surface area contributed by atoms with Gasteiger partial charge in [0.2, 0.25) is 0 Å². The predicted octanol–water partition coefficient (Wildman–Crippen LogP) is 1.33. The van der Waals surface area contributed by atoms with E-state index in [9.17, 15) is 9.59 Å². The molecule has 1 saturated heterocycles. The molecule has 0 radical (unpaired) electrons. The second-order valence-corrected chi connectivity index (χ2v) is 6.36. The Kier molecular flexibility index (Phi) is 8.42. The Bertz CT molecular complexity index is 347. The highest BCUT2D eigenvalue weighted by Gasteiger charge is 2.30. The van der Waals surface area contributed by atoms with Crippen LogP contribution in [-0.2, 0) is 19.1 Å². The molecule has 1 heterocycles. The lowest BCUT2D eigenvalue weighted by molar-refractivity contribution is -0.149. The lowest BCUT2D eigenvalue weighted by atomic mass is 10.1. The van der Waals surface area contributed by atoms with Crippen molar-refractivity contribution < 1.29 is 19.1 Å². The van der Waals surface area contributed by atoms with Crippen molar-refractivity contribution in [3.63, 3.8) is 0 Å². The molecule has 22 heavy (non-hydrogen) atoms. The van der Waals surface area contributed by atoms with Crippen molar-refractivity contribution in [3.8, 4) is 0 Å². The molecule has 1 aliphatic rings. The SMILES string of the molecule is CC(C)OC(=O)C1CCC(CCN(CCOC=O)C(C)C)N1. The zero-order valence-electron chi connectivity index (χ0n) is 14.2. The summed E-state index contributed by atoms with van der Waals surface area (Å²) in [5.74, 6) is -0.141. The molecule has 0 saturated carbocycles. The van der Waals surface area contributed by atoms with Crippen molar-refractivity contribution in [1.82, 2.24) is 10.2 Å². The van der Waals surface area contributed by atoms with Crippen LogP contribution >= 0.6 is 0 Å². The molecule has 0 aromatic heterocycles. The van der Waals surface area contributed by atoms with Crippen molar-refractivity contribution in [2.24, 2.45) is 0 Å². The minimum absolute atomic E-state index is 0.0670. The maximum atomic E-state index is 11.9. The molecule has 2 unspecified atom stereocenters. The number of ether oxygens (including phenoxy) is 2. The first-order chi connectivity index (χ1) is 10.4. The van der Waals surface area contributed by atoms with E-state index in [-0.39, 0.29) is 18.1 Å². The van der Waals surface area contributed by atoms with Gasteiger partial charge in [-0.15, -0.1) is 0 Å². The molecule has 1 rings (SSSR count). The summed E-state index contributed by atoms with van der Waals surface area (Å²) in [7, 11) is 0. The highest BCUT2D eigenvalue weighted by atomic mass is 16.5. The van der Waals surface area contributed by atoms with E-state index < -0.39 is 0 Å². The quantitative estimate of drug-likeness (QED) is 0.373. The molecule has 1 aliphatic heterocycles. The summed E-state index contributed by atoms with van der Waals surface area (Å²) in [6.07, 6.45) is 2.74. The third-order valence-corrected chi connectivity index (χ3v) is 3.94. The lowest BCUT2D eigenvalue weighted by Gasteiger charge is -2.27. The number of hydrogen-bond donors (Lipinski definition) is 1. The monoisotopic (exact) mass is 314 g/mol. The molecule has 0 aromatic carbocycles. The summed E-state index contributed by atoms with van der Waals surface area (Å²) in [5, 5.41) is 3.37. The van der Waals surface area contributed by atoms with Crippen LogP contribution in [0.5, 0.6) is 0 Å². The number of esters is 1. The topological polar surface area (TPSA) is 67.9 Å². The predicted molar refractivity (Wildman–Crippen MR) is 84.5 cm³/mol. The van der Waals surface area contributed by atoms with E-state index in [1.54, 1.807) is 0 Å². The molecule has 0 amide bonds. The summed E-state index contributed by atoms with van der Waals surface area (Å²) in [6, 6.07) is 0.578. The first-order valence-corrected chi connectivity index (χ1v) is 8.19. The summed E-state index contributed by atoms with van der Waals surface area (Å²) in [6.45, 7) is 10.6. The molecule has 6 nitrogen and oxygen atoms in total. The Labute approximate surface area is 133 Å². The van der Waals surface area contributed by atoms with Gasteiger partial charge in [-0.2, -0.15) is 0 Å². The van der Waals surface area contributed by atoms with E-state index in [2.05, 4.69) is 24.1 Å². The first-order valence-electron chi connectivity index (χ1n) is 8.19. The van der Waals surface area contributed by atoms with Crippen molar-refractivity contribution in [2.75, 3.05) is 19.7 Å². The highest BCUT2D eigenvalue weighted by Crippen LogP contribution is 2.17. The van der Waals surface area contributed by atoms with E-state index in [1.165, 1.54) is 0 Å². The first kappa shape index (κ1) is 18.9. The van der Waals surface area contributed by atoms with E-state index in [1.807, 2.05) is 13.8 Å². The van der Waals surface area contributed by atoms with Gasteiger partial charge in [-0.25, -0.2) is 0 Å². The van der Waals surface area contributed by atoms with Crippen LogP contribution in [0.2, 0.25) is 0 Å². The number of nitrogens with one attached hydrogen (secondary N) is 1. The summed E-state index contributed by atoms with van der Waals surface area (Å²) in [5.41, 5.74) is 0. The number of carbonyl (C=O) groups excluding carboxylic acids is 2. The summed E-state index contributed by atoms with van der Waals surface area (Å²) >= 11 is 0. The minimum Gasteiger partial charge on any atom is -0.467 e. The van der Waals surface area contributed by atoms with Gasteiger partial charge < -0.3 is 14.8 Å². The number of rotatable bonds is 10. The molecule has 128 valence electrons. The van der Waals surface area contributed by atoms with E-state index in [0.717, 1.165) is 32.4 Å². The second kappa shape index (κ2) is 9.79. The number of nitrogens with zero attached hydrogens (tertiary/aromatic N) is 1. The average Bonchev–Trinajstić information content (AvgIpc) is 2.90. The second-order valence-electron chi connectivity index (χ2n) is 6.36. The minimum atomic E-state index is -0.168. The van der Waals surface area contributed by atoms with Crippen molar-refractivity contribution in [1.29, 1.82) is 0 Å². The molecule has 2 atom stereocenters. The molecule has 0 aromatic rings. The van der Waals surface area contributed by atoms with Gasteiger partial charge in [0.05, 0.1) is 6.10 Å². The van der Waals surface area contributed by atoms with Gasteiger partial charge in [-0.3, -0.25) is 14.5 Å². The molecular formula is C16H30N2O4. The molecule has 1 N–H and O–H groups in total. The van der Waals surface area contributed by atoms with Gasteiger partial charge in [-0.05, 0) is 47.0 Å². The van der Waals surface area contributed by atoms with Crippen LogP contribution in [0.1, 0.15) is 47.0 Å². The van der Waals surface area contributed by atoms with Gasteiger partial charge in [0.25, 0.3) is 6.47 Å². The Balaban J connectivity index is 2.31. The largest absolute Gasteiger partial charge is 0.467 e. The summed E-state index contributed by atoms with van der Waals surface area (Å²) < 4.78 is 10.0. The Morgan fingerprint density at radius 2 is 2.00 bits per heavy atom. The third kappa shape index (κ3) is 6.75. The average molecular weight is 314 g/mol. The van der Waals surface area contributed by atoms with Crippen LogP contribution in [0.3, 0.4) is 0 Å². The van der Waals surface area contributed by atoms with Gasteiger partial charge in [-0.1, -0.05) is 0 Å². The van der Waals surface area contributed by atoms with Gasteiger partial charge in [0.15, 0.2) is 0 Å². The molecule has 0 bridgehead atoms. The standard InChI is InChI=1S/C16H30N2O4/c1-12(2)18(9-10-21-11-19)8-7-14-5-6-15(17-14)16(20)22-13(3)4/h11-15,17H,5-10H2,1-4H3. The smallest absolute Gasteiger partial charge is 0.323 e. The summed E-state index contributed by atoms with van der Waals surface area (Å²) in [4.78, 5) is 24.4. The van der Waals surface area contributed by atoms with Crippen LogP contribution in [0.4, 0.5) is 0 Å². The van der Waals surface area contributed by atoms with Crippen molar-refractivity contribution in [3.05, 3.63) is 0 Å². The van der Waals surface area contributed by atoms with Crippen LogP contribution in [0.15, 0.2) is 0 Å². The molecule has 0 spiro atoms. The van der Waals surface area contributed by atoms with Gasteiger partial charge in [0.1, 0.15) is 12.6 Å². The zero-order valence-corrected chi connectivity index (χ0v) is 14.2. The van der Waals surface area contributed by atoms with Crippen LogP contribution in [0, 0.1) is 0 Å². The third-order valence-electron chi connectivity index (χ3n) is 3.94. The zero-order chi connectivity index (χ0) is 16.5. The fourth-order valence-corrected chi connectivity index (χ4v) is 2.71. The van der Waals surface area contributed by atoms with Crippen molar-refractivity contribution >= 4 is 12.4 Å². The van der Waals surface area contributed by atoms with Crippen LogP contribution < -0.4 is 5.32 Å². The van der Waals surface area contributed by atoms with E-state index >= 15 is 0 Å². The van der Waals surface area contributed by atoms with Crippen molar-refractivity contribution in [2.45, 2.75) is 71.2 Å². The highest BCUT2D eigenvalue weighted by molar-refractivity contribution is 5.76. The van der Waals surface area contributed by atoms with Crippen LogP contribution in [0.25, 0.3) is 0 Å². The Hall–Kier alpha value is -1.14. The normalized spacial score (nSPS) is 21.6. The maximum absolute atomic E-state index is 11.9. The van der Waals surface area contributed by atoms with E-state index in [0.29, 0.717) is 25.2 Å².